The summed E-state index contributed by atoms with van der Waals surface area (Å²) in [7, 11) is 2.01. The highest BCUT2D eigenvalue weighted by molar-refractivity contribution is 5.80. The molecule has 4 heteroatoms. The molecule has 19 heavy (non-hydrogen) atoms. The summed E-state index contributed by atoms with van der Waals surface area (Å²) in [6.07, 6.45) is 1.39. The van der Waals surface area contributed by atoms with Gasteiger partial charge < -0.3 is 10.1 Å². The van der Waals surface area contributed by atoms with E-state index in [4.69, 9.17) is 5.21 Å². The predicted octanol–water partition coefficient (Wildman–Crippen LogP) is 2.83. The minimum atomic E-state index is 0.806. The number of nitrogens with zero attached hydrogens (tertiary/aromatic N) is 3. The van der Waals surface area contributed by atoms with E-state index in [0.29, 0.717) is 0 Å². The highest BCUT2D eigenvalue weighted by Gasteiger charge is 2.05. The molecule has 0 saturated carbocycles. The topological polar surface area (TPSA) is 48.7 Å². The highest BCUT2D eigenvalue weighted by atomic mass is 16.4. The van der Waals surface area contributed by atoms with Gasteiger partial charge in [0.25, 0.3) is 0 Å². The second kappa shape index (κ2) is 6.00. The molecule has 0 spiro atoms. The predicted molar refractivity (Wildman–Crippen MR) is 76.9 cm³/mol. The minimum absolute atomic E-state index is 0.806. The Morgan fingerprint density at radius 2 is 1.95 bits per heavy atom. The van der Waals surface area contributed by atoms with E-state index >= 15 is 0 Å². The van der Waals surface area contributed by atoms with Gasteiger partial charge in [0.15, 0.2) is 0 Å². The van der Waals surface area contributed by atoms with Crippen LogP contribution >= 0.6 is 0 Å². The van der Waals surface area contributed by atoms with Crippen molar-refractivity contribution in [2.75, 3.05) is 11.9 Å². The van der Waals surface area contributed by atoms with Crippen LogP contribution in [0.3, 0.4) is 0 Å². The molecule has 0 fully saturated rings. The monoisotopic (exact) mass is 255 g/mol. The smallest absolute Gasteiger partial charge is 0.128 e. The van der Waals surface area contributed by atoms with Crippen LogP contribution in [0.25, 0.3) is 0 Å². The Balaban J connectivity index is 2.15. The Morgan fingerprint density at radius 1 is 1.21 bits per heavy atom. The van der Waals surface area contributed by atoms with Crippen molar-refractivity contribution in [1.82, 2.24) is 4.98 Å². The number of oxime groups is 1. The number of aromatic nitrogens is 1. The molecule has 0 amide bonds. The highest BCUT2D eigenvalue weighted by Crippen LogP contribution is 2.15. The van der Waals surface area contributed by atoms with Crippen LogP contribution in [0.2, 0.25) is 0 Å². The molecule has 0 saturated heterocycles. The zero-order valence-corrected chi connectivity index (χ0v) is 11.1. The van der Waals surface area contributed by atoms with Gasteiger partial charge >= 0.3 is 0 Å². The summed E-state index contributed by atoms with van der Waals surface area (Å²) >= 11 is 0. The molecule has 98 valence electrons. The van der Waals surface area contributed by atoms with Gasteiger partial charge in [0.1, 0.15) is 5.82 Å². The first-order valence-electron chi connectivity index (χ1n) is 6.11. The van der Waals surface area contributed by atoms with Crippen molar-refractivity contribution >= 4 is 12.0 Å². The molecular weight excluding hydrogens is 238 g/mol. The first-order valence-corrected chi connectivity index (χ1v) is 6.11. The van der Waals surface area contributed by atoms with Gasteiger partial charge in [0, 0.05) is 24.8 Å². The summed E-state index contributed by atoms with van der Waals surface area (Å²) in [4.78, 5) is 6.60. The van der Waals surface area contributed by atoms with Gasteiger partial charge in [0.05, 0.1) is 6.21 Å². The third kappa shape index (κ3) is 3.31. The Morgan fingerprint density at radius 3 is 2.58 bits per heavy atom. The van der Waals surface area contributed by atoms with Gasteiger partial charge in [-0.15, -0.1) is 0 Å². The van der Waals surface area contributed by atoms with Crippen LogP contribution in [-0.4, -0.2) is 23.5 Å². The average molecular weight is 255 g/mol. The summed E-state index contributed by atoms with van der Waals surface area (Å²) in [5.41, 5.74) is 2.90. The maximum atomic E-state index is 8.55. The molecule has 1 N–H and O–H groups in total. The molecule has 1 heterocycles. The lowest BCUT2D eigenvalue weighted by atomic mass is 10.2. The van der Waals surface area contributed by atoms with Gasteiger partial charge in [-0.25, -0.2) is 4.98 Å². The molecule has 0 aliphatic carbocycles. The zero-order valence-electron chi connectivity index (χ0n) is 11.1. The Bertz CT molecular complexity index is 567. The van der Waals surface area contributed by atoms with Crippen LogP contribution in [0, 0.1) is 6.92 Å². The summed E-state index contributed by atoms with van der Waals surface area (Å²) in [5.74, 6) is 0.899. The van der Waals surface area contributed by atoms with E-state index in [9.17, 15) is 0 Å². The zero-order chi connectivity index (χ0) is 13.7. The fourth-order valence-corrected chi connectivity index (χ4v) is 1.91. The summed E-state index contributed by atoms with van der Waals surface area (Å²) < 4.78 is 0. The van der Waals surface area contributed by atoms with Crippen LogP contribution in [0.4, 0.5) is 5.82 Å². The standard InChI is InChI=1S/C15H17N3O/c1-12-14(10-16-19)8-9-15(17-12)18(2)11-13-6-4-3-5-7-13/h3-10,19H,11H2,1-2H3/b16-10+. The van der Waals surface area contributed by atoms with Gasteiger partial charge in [-0.05, 0) is 24.6 Å². The van der Waals surface area contributed by atoms with E-state index in [-0.39, 0.29) is 0 Å². The molecule has 4 nitrogen and oxygen atoms in total. The third-order valence-electron chi connectivity index (χ3n) is 2.96. The van der Waals surface area contributed by atoms with E-state index in [1.54, 1.807) is 0 Å². The number of hydrogen-bond donors (Lipinski definition) is 1. The van der Waals surface area contributed by atoms with Crippen molar-refractivity contribution in [1.29, 1.82) is 0 Å². The Hall–Kier alpha value is -2.36. The quantitative estimate of drug-likeness (QED) is 0.519. The van der Waals surface area contributed by atoms with Crippen molar-refractivity contribution in [3.8, 4) is 0 Å². The Kier molecular flexibility index (Phi) is 4.13. The first-order chi connectivity index (χ1) is 9.20. The van der Waals surface area contributed by atoms with Gasteiger partial charge in [0.2, 0.25) is 0 Å². The lowest BCUT2D eigenvalue weighted by molar-refractivity contribution is 0.322. The van der Waals surface area contributed by atoms with Crippen LogP contribution in [-0.2, 0) is 6.54 Å². The molecule has 0 bridgehead atoms. The van der Waals surface area contributed by atoms with Gasteiger partial charge in [-0.1, -0.05) is 35.5 Å². The number of rotatable bonds is 4. The number of pyridine rings is 1. The molecule has 2 rings (SSSR count). The maximum absolute atomic E-state index is 8.55. The summed E-state index contributed by atoms with van der Waals surface area (Å²) in [6, 6.07) is 14.1. The van der Waals surface area contributed by atoms with Crippen LogP contribution < -0.4 is 4.90 Å². The normalized spacial score (nSPS) is 10.8. The molecular formula is C15H17N3O. The van der Waals surface area contributed by atoms with Crippen molar-refractivity contribution < 1.29 is 5.21 Å². The van der Waals surface area contributed by atoms with Gasteiger partial charge in [-0.3, -0.25) is 0 Å². The maximum Gasteiger partial charge on any atom is 0.128 e. The lowest BCUT2D eigenvalue weighted by Crippen LogP contribution is -2.18. The molecule has 0 unspecified atom stereocenters. The van der Waals surface area contributed by atoms with Crippen LogP contribution in [0.5, 0.6) is 0 Å². The average Bonchev–Trinajstić information content (AvgIpc) is 2.42. The largest absolute Gasteiger partial charge is 0.411 e. The third-order valence-corrected chi connectivity index (χ3v) is 2.96. The fourth-order valence-electron chi connectivity index (χ4n) is 1.91. The van der Waals surface area contributed by atoms with Crippen molar-refractivity contribution in [2.45, 2.75) is 13.5 Å². The van der Waals surface area contributed by atoms with Crippen molar-refractivity contribution in [3.05, 3.63) is 59.3 Å². The molecule has 1 aromatic heterocycles. The Labute approximate surface area is 113 Å². The van der Waals surface area contributed by atoms with Crippen molar-refractivity contribution in [2.24, 2.45) is 5.16 Å². The number of aryl methyl sites for hydroxylation is 1. The second-order valence-electron chi connectivity index (χ2n) is 4.43. The van der Waals surface area contributed by atoms with Crippen LogP contribution in [0.15, 0.2) is 47.6 Å². The molecule has 1 aromatic carbocycles. The lowest BCUT2D eigenvalue weighted by Gasteiger charge is -2.19. The van der Waals surface area contributed by atoms with E-state index in [1.165, 1.54) is 11.8 Å². The van der Waals surface area contributed by atoms with Crippen molar-refractivity contribution in [3.63, 3.8) is 0 Å². The van der Waals surface area contributed by atoms with E-state index in [1.807, 2.05) is 44.3 Å². The van der Waals surface area contributed by atoms with Crippen LogP contribution in [0.1, 0.15) is 16.8 Å². The number of benzene rings is 1. The summed E-state index contributed by atoms with van der Waals surface area (Å²) in [6.45, 7) is 2.71. The van der Waals surface area contributed by atoms with E-state index in [0.717, 1.165) is 23.6 Å². The summed E-state index contributed by atoms with van der Waals surface area (Å²) in [5, 5.41) is 11.6. The molecule has 0 aliphatic heterocycles. The molecule has 0 atom stereocenters. The van der Waals surface area contributed by atoms with E-state index in [2.05, 4.69) is 27.2 Å². The molecule has 2 aromatic rings. The fraction of sp³-hybridized carbons (Fsp3) is 0.200. The number of hydrogen-bond acceptors (Lipinski definition) is 4. The first kappa shape index (κ1) is 13.1. The van der Waals surface area contributed by atoms with Gasteiger partial charge in [-0.2, -0.15) is 0 Å². The molecule has 0 radical (unpaired) electrons. The minimum Gasteiger partial charge on any atom is -0.411 e. The number of anilines is 1. The van der Waals surface area contributed by atoms with E-state index < -0.39 is 0 Å². The second-order valence-corrected chi connectivity index (χ2v) is 4.43. The SMILES string of the molecule is Cc1nc(N(C)Cc2ccccc2)ccc1/C=N/O. The molecule has 0 aliphatic rings.